The van der Waals surface area contributed by atoms with Crippen LogP contribution in [0.15, 0.2) is 65.1 Å². The van der Waals surface area contributed by atoms with Crippen LogP contribution >= 0.6 is 0 Å². The molecule has 0 radical (unpaired) electrons. The zero-order chi connectivity index (χ0) is 24.2. The van der Waals surface area contributed by atoms with Crippen LogP contribution in [0, 0.1) is 0 Å². The van der Waals surface area contributed by atoms with E-state index in [1.165, 1.54) is 26.9 Å². The first-order chi connectivity index (χ1) is 16.4. The van der Waals surface area contributed by atoms with Gasteiger partial charge in [0.25, 0.3) is 0 Å². The van der Waals surface area contributed by atoms with Crippen LogP contribution in [0.5, 0.6) is 17.2 Å². The Balaban J connectivity index is 1.86. The van der Waals surface area contributed by atoms with Gasteiger partial charge < -0.3 is 18.6 Å². The smallest absolute Gasteiger partial charge is 0.231 e. The minimum atomic E-state index is -0.279. The Morgan fingerprint density at radius 1 is 0.912 bits per heavy atom. The minimum Gasteiger partial charge on any atom is -0.493 e. The maximum Gasteiger partial charge on any atom is 0.231 e. The molecular formula is C28H27NO5. The number of carbonyl (C=O) groups excluding carboxylic acids is 1. The predicted molar refractivity (Wildman–Crippen MR) is 133 cm³/mol. The maximum absolute atomic E-state index is 13.8. The van der Waals surface area contributed by atoms with Crippen LogP contribution in [-0.2, 0) is 0 Å². The van der Waals surface area contributed by atoms with E-state index in [0.29, 0.717) is 45.4 Å². The first-order valence-corrected chi connectivity index (χ1v) is 11.0. The van der Waals surface area contributed by atoms with Crippen molar-refractivity contribution in [3.8, 4) is 17.2 Å². The molecule has 6 nitrogen and oxygen atoms in total. The molecule has 0 unspecified atom stereocenters. The molecule has 4 rings (SSSR count). The Kier molecular flexibility index (Phi) is 6.68. The molecule has 0 amide bonds. The molecule has 0 aliphatic heterocycles. The highest BCUT2D eigenvalue weighted by Gasteiger charge is 2.24. The molecule has 1 heterocycles. The van der Waals surface area contributed by atoms with E-state index < -0.39 is 0 Å². The SMILES string of the molecule is COc1cc(C(=O)C(=Cc2ccc(C(C)C)cc2)c2nc3ccccc3o2)cc(OC)c1OC. The summed E-state index contributed by atoms with van der Waals surface area (Å²) in [7, 11) is 4.55. The van der Waals surface area contributed by atoms with Crippen LogP contribution in [0.2, 0.25) is 0 Å². The second-order valence-corrected chi connectivity index (χ2v) is 8.11. The molecule has 0 bridgehead atoms. The Hall–Kier alpha value is -4.06. The summed E-state index contributed by atoms with van der Waals surface area (Å²) < 4.78 is 22.3. The third-order valence-electron chi connectivity index (χ3n) is 5.61. The van der Waals surface area contributed by atoms with Gasteiger partial charge in [-0.3, -0.25) is 4.79 Å². The molecule has 0 saturated carbocycles. The highest BCUT2D eigenvalue weighted by Crippen LogP contribution is 2.39. The number of fused-ring (bicyclic) bond motifs is 1. The molecule has 174 valence electrons. The number of hydrogen-bond acceptors (Lipinski definition) is 6. The fraction of sp³-hybridized carbons (Fsp3) is 0.214. The van der Waals surface area contributed by atoms with Crippen molar-refractivity contribution in [1.29, 1.82) is 0 Å². The molecule has 0 fully saturated rings. The summed E-state index contributed by atoms with van der Waals surface area (Å²) in [6.07, 6.45) is 1.79. The van der Waals surface area contributed by atoms with E-state index in [1.807, 2.05) is 36.4 Å². The number of hydrogen-bond donors (Lipinski definition) is 0. The lowest BCUT2D eigenvalue weighted by molar-refractivity contribution is 0.105. The molecule has 1 aromatic heterocycles. The van der Waals surface area contributed by atoms with E-state index in [0.717, 1.165) is 5.56 Å². The fourth-order valence-electron chi connectivity index (χ4n) is 3.72. The maximum atomic E-state index is 13.8. The predicted octanol–water partition coefficient (Wildman–Crippen LogP) is 6.40. The number of aromatic nitrogens is 1. The number of ketones is 1. The number of allylic oxidation sites excluding steroid dienone is 1. The molecule has 0 N–H and O–H groups in total. The fourth-order valence-corrected chi connectivity index (χ4v) is 3.72. The minimum absolute atomic E-state index is 0.243. The van der Waals surface area contributed by atoms with Crippen molar-refractivity contribution in [2.75, 3.05) is 21.3 Å². The van der Waals surface area contributed by atoms with Crippen molar-refractivity contribution in [2.45, 2.75) is 19.8 Å². The van der Waals surface area contributed by atoms with Crippen molar-refractivity contribution in [1.82, 2.24) is 4.98 Å². The molecule has 6 heteroatoms. The summed E-state index contributed by atoms with van der Waals surface area (Å²) in [6.45, 7) is 4.28. The normalized spacial score (nSPS) is 11.6. The van der Waals surface area contributed by atoms with Gasteiger partial charge in [-0.1, -0.05) is 50.2 Å². The monoisotopic (exact) mass is 457 g/mol. The van der Waals surface area contributed by atoms with E-state index in [2.05, 4.69) is 31.0 Å². The number of carbonyl (C=O) groups is 1. The third-order valence-corrected chi connectivity index (χ3v) is 5.61. The summed E-state index contributed by atoms with van der Waals surface area (Å²) in [6, 6.07) is 18.8. The zero-order valence-corrected chi connectivity index (χ0v) is 19.9. The topological polar surface area (TPSA) is 70.8 Å². The van der Waals surface area contributed by atoms with Crippen LogP contribution in [0.4, 0.5) is 0 Å². The van der Waals surface area contributed by atoms with E-state index >= 15 is 0 Å². The second-order valence-electron chi connectivity index (χ2n) is 8.11. The number of methoxy groups -OCH3 is 3. The van der Waals surface area contributed by atoms with Crippen molar-refractivity contribution >= 4 is 28.5 Å². The van der Waals surface area contributed by atoms with Gasteiger partial charge in [-0.15, -0.1) is 0 Å². The largest absolute Gasteiger partial charge is 0.493 e. The number of nitrogens with zero attached hydrogens (tertiary/aromatic N) is 1. The summed E-state index contributed by atoms with van der Waals surface area (Å²) in [4.78, 5) is 18.4. The zero-order valence-electron chi connectivity index (χ0n) is 19.9. The Morgan fingerprint density at radius 3 is 2.12 bits per heavy atom. The number of oxazole rings is 1. The van der Waals surface area contributed by atoms with Crippen molar-refractivity contribution in [3.05, 3.63) is 83.2 Å². The highest BCUT2D eigenvalue weighted by molar-refractivity contribution is 6.31. The van der Waals surface area contributed by atoms with Gasteiger partial charge in [0.15, 0.2) is 22.9 Å². The first-order valence-electron chi connectivity index (χ1n) is 11.0. The summed E-state index contributed by atoms with van der Waals surface area (Å²) in [5.41, 5.74) is 4.05. The van der Waals surface area contributed by atoms with E-state index in [1.54, 1.807) is 18.2 Å². The van der Waals surface area contributed by atoms with Crippen molar-refractivity contribution in [3.63, 3.8) is 0 Å². The van der Waals surface area contributed by atoms with Gasteiger partial charge in [0.1, 0.15) is 5.52 Å². The molecule has 0 spiro atoms. The second kappa shape index (κ2) is 9.83. The van der Waals surface area contributed by atoms with Crippen LogP contribution in [0.25, 0.3) is 22.7 Å². The van der Waals surface area contributed by atoms with Crippen molar-refractivity contribution < 1.29 is 23.4 Å². The summed E-state index contributed by atoms with van der Waals surface area (Å²) >= 11 is 0. The average Bonchev–Trinajstić information content (AvgIpc) is 3.30. The van der Waals surface area contributed by atoms with Crippen molar-refractivity contribution in [2.24, 2.45) is 0 Å². The third kappa shape index (κ3) is 4.53. The lowest BCUT2D eigenvalue weighted by Crippen LogP contribution is -2.05. The molecule has 0 atom stereocenters. The van der Waals surface area contributed by atoms with Gasteiger partial charge in [-0.25, -0.2) is 4.98 Å². The van der Waals surface area contributed by atoms with Crippen LogP contribution in [-0.4, -0.2) is 32.1 Å². The van der Waals surface area contributed by atoms with E-state index in [9.17, 15) is 4.79 Å². The Morgan fingerprint density at radius 2 is 1.56 bits per heavy atom. The Labute approximate surface area is 198 Å². The highest BCUT2D eigenvalue weighted by atomic mass is 16.5. The summed E-state index contributed by atoms with van der Waals surface area (Å²) in [5, 5.41) is 0. The number of rotatable bonds is 8. The molecule has 3 aromatic carbocycles. The van der Waals surface area contributed by atoms with Crippen LogP contribution in [0.1, 0.15) is 47.1 Å². The summed E-state index contributed by atoms with van der Waals surface area (Å²) in [5.74, 6) is 1.58. The Bertz CT molecular complexity index is 1290. The van der Waals surface area contributed by atoms with Gasteiger partial charge in [0, 0.05) is 5.56 Å². The molecule has 4 aromatic rings. The van der Waals surface area contributed by atoms with Gasteiger partial charge in [-0.05, 0) is 47.4 Å². The van der Waals surface area contributed by atoms with E-state index in [-0.39, 0.29) is 11.7 Å². The quantitative estimate of drug-likeness (QED) is 0.225. The first kappa shape index (κ1) is 23.1. The number of benzene rings is 3. The molecule has 34 heavy (non-hydrogen) atoms. The molecule has 0 aliphatic rings. The number of Topliss-reactive ketones (excluding diaryl/α,β-unsaturated/α-hetero) is 1. The standard InChI is InChI=1S/C28H27NO5/c1-17(2)19-12-10-18(11-13-19)14-21(28-29-22-8-6-7-9-23(22)34-28)26(30)20-15-24(31-3)27(33-5)25(16-20)32-4/h6-17H,1-5H3. The number of ether oxygens (including phenoxy) is 3. The van der Waals surface area contributed by atoms with Crippen LogP contribution < -0.4 is 14.2 Å². The average molecular weight is 458 g/mol. The van der Waals surface area contributed by atoms with Gasteiger partial charge >= 0.3 is 0 Å². The molecular weight excluding hydrogens is 430 g/mol. The van der Waals surface area contributed by atoms with Gasteiger partial charge in [0.2, 0.25) is 11.6 Å². The van der Waals surface area contributed by atoms with Crippen LogP contribution in [0.3, 0.4) is 0 Å². The lowest BCUT2D eigenvalue weighted by Gasteiger charge is -2.14. The molecule has 0 aliphatic carbocycles. The van der Waals surface area contributed by atoms with Gasteiger partial charge in [0.05, 0.1) is 26.9 Å². The lowest BCUT2D eigenvalue weighted by atomic mass is 9.98. The van der Waals surface area contributed by atoms with E-state index in [4.69, 9.17) is 18.6 Å². The van der Waals surface area contributed by atoms with Gasteiger partial charge in [-0.2, -0.15) is 0 Å². The molecule has 0 saturated heterocycles. The number of para-hydroxylation sites is 2.